The average molecular weight is 114 g/mol. The van der Waals surface area contributed by atoms with Crippen molar-refractivity contribution in [2.75, 3.05) is 13.1 Å². The van der Waals surface area contributed by atoms with Crippen molar-refractivity contribution in [2.24, 2.45) is 0 Å². The third-order valence-electron chi connectivity index (χ3n) is 1.29. The minimum Gasteiger partial charge on any atom is -0.391 e. The lowest BCUT2D eigenvalue weighted by Crippen LogP contribution is -2.19. The van der Waals surface area contributed by atoms with E-state index in [-0.39, 0.29) is 6.10 Å². The lowest BCUT2D eigenvalue weighted by molar-refractivity contribution is 0.187. The summed E-state index contributed by atoms with van der Waals surface area (Å²) < 4.78 is 0. The van der Waals surface area contributed by atoms with Crippen LogP contribution in [0, 0.1) is 0 Å². The quantitative estimate of drug-likeness (QED) is 0.481. The maximum atomic E-state index is 9.84. The van der Waals surface area contributed by atoms with E-state index in [0.717, 1.165) is 0 Å². The Morgan fingerprint density at radius 3 is 2.75 bits per heavy atom. The van der Waals surface area contributed by atoms with Gasteiger partial charge >= 0.3 is 6.41 Å². The van der Waals surface area contributed by atoms with E-state index in [2.05, 4.69) is 0 Å². The van der Waals surface area contributed by atoms with Gasteiger partial charge in [-0.25, -0.2) is 0 Å². The summed E-state index contributed by atoms with van der Waals surface area (Å²) in [6.07, 6.45) is 2.11. The fraction of sp³-hybridized carbons (Fsp3) is 0.800. The molecule has 0 aromatic heterocycles. The first-order chi connectivity index (χ1) is 3.83. The highest BCUT2D eigenvalue weighted by Crippen LogP contribution is 2.04. The Bertz CT molecular complexity index is 94.4. The number of carbonyl (C=O) groups excluding carboxylic acids is 1. The van der Waals surface area contributed by atoms with Crippen LogP contribution in [0.3, 0.4) is 0 Å². The molecule has 8 heavy (non-hydrogen) atoms. The van der Waals surface area contributed by atoms with Crippen LogP contribution in [-0.4, -0.2) is 35.6 Å². The number of hydrogen-bond acceptors (Lipinski definition) is 2. The topological polar surface area (TPSA) is 40.5 Å². The van der Waals surface area contributed by atoms with Crippen LogP contribution in [0.15, 0.2) is 0 Å². The Hall–Kier alpha value is -0.570. The maximum Gasteiger partial charge on any atom is 0.312 e. The minimum absolute atomic E-state index is 0.309. The molecule has 1 atom stereocenters. The molecular weight excluding hydrogens is 106 g/mol. The zero-order valence-electron chi connectivity index (χ0n) is 4.50. The third-order valence-corrected chi connectivity index (χ3v) is 1.29. The van der Waals surface area contributed by atoms with Gasteiger partial charge in [0.15, 0.2) is 0 Å². The van der Waals surface area contributed by atoms with Gasteiger partial charge in [-0.3, -0.25) is 4.79 Å². The molecule has 1 rings (SSSR count). The number of aliphatic hydroxyl groups excluding tert-OH is 1. The van der Waals surface area contributed by atoms with Gasteiger partial charge in [0.05, 0.1) is 6.10 Å². The molecule has 0 aromatic carbocycles. The first-order valence-electron chi connectivity index (χ1n) is 2.63. The van der Waals surface area contributed by atoms with Crippen molar-refractivity contribution in [1.29, 1.82) is 0 Å². The van der Waals surface area contributed by atoms with E-state index < -0.39 is 0 Å². The van der Waals surface area contributed by atoms with Gasteiger partial charge in [0, 0.05) is 13.1 Å². The molecule has 1 fully saturated rings. The van der Waals surface area contributed by atoms with Gasteiger partial charge in [0.1, 0.15) is 0 Å². The molecule has 3 heteroatoms. The zero-order valence-corrected chi connectivity index (χ0v) is 4.50. The van der Waals surface area contributed by atoms with Crippen molar-refractivity contribution in [3.63, 3.8) is 0 Å². The summed E-state index contributed by atoms with van der Waals surface area (Å²) in [6.45, 7) is 1.12. The standard InChI is InChI=1S/C5H8NO2/c7-4-6-2-1-5(8)3-6/h5,8H,1-3H2/t5-/m0/s1. The van der Waals surface area contributed by atoms with E-state index in [1.807, 2.05) is 0 Å². The molecule has 45 valence electrons. The Balaban J connectivity index is 2.32. The van der Waals surface area contributed by atoms with Gasteiger partial charge < -0.3 is 10.0 Å². The van der Waals surface area contributed by atoms with Crippen LogP contribution >= 0.6 is 0 Å². The van der Waals surface area contributed by atoms with Gasteiger partial charge in [-0.05, 0) is 6.42 Å². The summed E-state index contributed by atoms with van der Waals surface area (Å²) in [5.74, 6) is 0. The summed E-state index contributed by atoms with van der Waals surface area (Å²) in [5, 5.41) is 8.81. The van der Waals surface area contributed by atoms with Crippen LogP contribution in [-0.2, 0) is 4.79 Å². The molecule has 1 amide bonds. The van der Waals surface area contributed by atoms with Crippen molar-refractivity contribution in [2.45, 2.75) is 12.5 Å². The van der Waals surface area contributed by atoms with Crippen molar-refractivity contribution in [3.8, 4) is 0 Å². The second kappa shape index (κ2) is 2.13. The van der Waals surface area contributed by atoms with Gasteiger partial charge in [-0.2, -0.15) is 0 Å². The SMILES string of the molecule is O=[C]N1CC[C@H](O)C1. The van der Waals surface area contributed by atoms with E-state index in [1.54, 1.807) is 6.41 Å². The molecule has 1 aliphatic heterocycles. The lowest BCUT2D eigenvalue weighted by atomic mass is 10.3. The van der Waals surface area contributed by atoms with E-state index >= 15 is 0 Å². The molecule has 1 radical (unpaired) electrons. The molecule has 0 spiro atoms. The van der Waals surface area contributed by atoms with Crippen LogP contribution in [0.4, 0.5) is 0 Å². The average Bonchev–Trinajstić information content (AvgIpc) is 2.14. The molecule has 1 heterocycles. The molecule has 1 saturated heterocycles. The number of rotatable bonds is 1. The van der Waals surface area contributed by atoms with Crippen molar-refractivity contribution < 1.29 is 9.90 Å². The highest BCUT2D eigenvalue weighted by atomic mass is 16.3. The van der Waals surface area contributed by atoms with Crippen LogP contribution in [0.5, 0.6) is 0 Å². The summed E-state index contributed by atoms with van der Waals surface area (Å²) in [6, 6.07) is 0. The maximum absolute atomic E-state index is 9.84. The number of hydrogen-bond donors (Lipinski definition) is 1. The Morgan fingerprint density at radius 2 is 2.50 bits per heavy atom. The molecule has 0 unspecified atom stereocenters. The highest BCUT2D eigenvalue weighted by molar-refractivity contribution is 5.48. The molecule has 1 N–H and O–H groups in total. The van der Waals surface area contributed by atoms with E-state index in [1.165, 1.54) is 4.90 Å². The van der Waals surface area contributed by atoms with Gasteiger partial charge in [0.25, 0.3) is 0 Å². The summed E-state index contributed by atoms with van der Waals surface area (Å²) in [4.78, 5) is 11.3. The molecule has 3 nitrogen and oxygen atoms in total. The zero-order chi connectivity index (χ0) is 5.98. The molecular formula is C5H8NO2. The Labute approximate surface area is 47.9 Å². The smallest absolute Gasteiger partial charge is 0.312 e. The number of nitrogens with zero attached hydrogens (tertiary/aromatic N) is 1. The normalized spacial score (nSPS) is 28.6. The fourth-order valence-corrected chi connectivity index (χ4v) is 0.825. The van der Waals surface area contributed by atoms with Crippen molar-refractivity contribution in [3.05, 3.63) is 0 Å². The Kier molecular flexibility index (Phi) is 1.48. The third kappa shape index (κ3) is 0.980. The first kappa shape index (κ1) is 5.56. The molecule has 0 saturated carbocycles. The van der Waals surface area contributed by atoms with Crippen molar-refractivity contribution in [1.82, 2.24) is 4.90 Å². The fourth-order valence-electron chi connectivity index (χ4n) is 0.825. The lowest BCUT2D eigenvalue weighted by Gasteiger charge is -2.02. The molecule has 0 bridgehead atoms. The number of amides is 1. The predicted octanol–water partition coefficient (Wildman–Crippen LogP) is -0.880. The second-order valence-electron chi connectivity index (χ2n) is 1.98. The van der Waals surface area contributed by atoms with Gasteiger partial charge in [-0.1, -0.05) is 0 Å². The number of likely N-dealkylation sites (tertiary alicyclic amines) is 1. The van der Waals surface area contributed by atoms with Crippen LogP contribution < -0.4 is 0 Å². The number of β-amino-alcohol motifs (C(OH)–C–C–N with tert-alkyl or cyclic N) is 1. The molecule has 0 aromatic rings. The molecule has 0 aliphatic carbocycles. The van der Waals surface area contributed by atoms with Gasteiger partial charge in [-0.15, -0.1) is 0 Å². The highest BCUT2D eigenvalue weighted by Gasteiger charge is 2.18. The van der Waals surface area contributed by atoms with Crippen molar-refractivity contribution >= 4 is 6.41 Å². The van der Waals surface area contributed by atoms with Gasteiger partial charge in [0.2, 0.25) is 0 Å². The summed E-state index contributed by atoms with van der Waals surface area (Å²) in [5.41, 5.74) is 0. The van der Waals surface area contributed by atoms with Crippen LogP contribution in [0.1, 0.15) is 6.42 Å². The molecule has 1 aliphatic rings. The largest absolute Gasteiger partial charge is 0.391 e. The number of aliphatic hydroxyl groups is 1. The predicted molar refractivity (Wildman–Crippen MR) is 27.9 cm³/mol. The summed E-state index contributed by atoms with van der Waals surface area (Å²) >= 11 is 0. The van der Waals surface area contributed by atoms with Crippen LogP contribution in [0.2, 0.25) is 0 Å². The Morgan fingerprint density at radius 1 is 1.75 bits per heavy atom. The first-order valence-corrected chi connectivity index (χ1v) is 2.63. The van der Waals surface area contributed by atoms with E-state index in [9.17, 15) is 4.79 Å². The van der Waals surface area contributed by atoms with E-state index in [4.69, 9.17) is 5.11 Å². The second-order valence-corrected chi connectivity index (χ2v) is 1.98. The van der Waals surface area contributed by atoms with Crippen LogP contribution in [0.25, 0.3) is 0 Å². The van der Waals surface area contributed by atoms with E-state index in [0.29, 0.717) is 19.5 Å². The minimum atomic E-state index is -0.309. The summed E-state index contributed by atoms with van der Waals surface area (Å²) in [7, 11) is 0. The monoisotopic (exact) mass is 114 g/mol.